The number of ether oxygens (including phenoxy) is 1. The Morgan fingerprint density at radius 3 is 2.96 bits per heavy atom. The van der Waals surface area contributed by atoms with Gasteiger partial charge >= 0.3 is 0 Å². The Morgan fingerprint density at radius 2 is 2.21 bits per heavy atom. The fourth-order valence-corrected chi connectivity index (χ4v) is 3.09. The third-order valence-electron chi connectivity index (χ3n) is 4.64. The smallest absolute Gasteiger partial charge is 0.226 e. The van der Waals surface area contributed by atoms with Crippen LogP contribution < -0.4 is 4.74 Å². The Labute approximate surface area is 142 Å². The SMILES string of the molecule is Cc1ccc(OCCC(=O)N2CCCCC2c2ncn[nH]2)cc1C. The Bertz CT molecular complexity index is 684. The van der Waals surface area contributed by atoms with Crippen LogP contribution in [0.5, 0.6) is 5.75 Å². The van der Waals surface area contributed by atoms with E-state index in [2.05, 4.69) is 29.0 Å². The Kier molecular flexibility index (Phi) is 5.13. The minimum atomic E-state index is 0.00960. The van der Waals surface area contributed by atoms with Gasteiger partial charge in [0, 0.05) is 6.54 Å². The number of benzene rings is 1. The van der Waals surface area contributed by atoms with Crippen molar-refractivity contribution in [1.82, 2.24) is 20.1 Å². The minimum absolute atomic E-state index is 0.00960. The third kappa shape index (κ3) is 3.75. The normalized spacial score (nSPS) is 17.8. The molecular formula is C18H24N4O2. The number of carbonyl (C=O) groups excluding carboxylic acids is 1. The fraction of sp³-hybridized carbons (Fsp3) is 0.500. The van der Waals surface area contributed by atoms with E-state index in [4.69, 9.17) is 4.74 Å². The van der Waals surface area contributed by atoms with Gasteiger partial charge in [0.1, 0.15) is 17.9 Å². The number of carbonyl (C=O) groups is 1. The molecule has 1 amide bonds. The topological polar surface area (TPSA) is 71.1 Å². The molecule has 1 aliphatic heterocycles. The molecule has 2 aromatic rings. The number of amides is 1. The molecule has 1 aromatic heterocycles. The van der Waals surface area contributed by atoms with Gasteiger partial charge in [-0.15, -0.1) is 0 Å². The van der Waals surface area contributed by atoms with Crippen molar-refractivity contribution in [2.75, 3.05) is 13.2 Å². The van der Waals surface area contributed by atoms with Gasteiger partial charge < -0.3 is 9.64 Å². The Hall–Kier alpha value is -2.37. The van der Waals surface area contributed by atoms with Crippen molar-refractivity contribution >= 4 is 5.91 Å². The highest BCUT2D eigenvalue weighted by Gasteiger charge is 2.29. The van der Waals surface area contributed by atoms with E-state index in [1.165, 1.54) is 17.5 Å². The predicted octanol–water partition coefficient (Wildman–Crippen LogP) is 2.94. The van der Waals surface area contributed by atoms with Gasteiger partial charge in [0.2, 0.25) is 5.91 Å². The van der Waals surface area contributed by atoms with E-state index in [0.29, 0.717) is 13.0 Å². The Morgan fingerprint density at radius 1 is 1.33 bits per heavy atom. The van der Waals surface area contributed by atoms with E-state index < -0.39 is 0 Å². The highest BCUT2D eigenvalue weighted by atomic mass is 16.5. The molecule has 2 heterocycles. The molecule has 128 valence electrons. The second-order valence-electron chi connectivity index (χ2n) is 6.31. The molecule has 0 spiro atoms. The van der Waals surface area contributed by atoms with Crippen molar-refractivity contribution < 1.29 is 9.53 Å². The summed E-state index contributed by atoms with van der Waals surface area (Å²) in [4.78, 5) is 18.7. The number of rotatable bonds is 5. The molecule has 0 saturated carbocycles. The molecule has 6 nitrogen and oxygen atoms in total. The molecule has 6 heteroatoms. The largest absolute Gasteiger partial charge is 0.493 e. The molecule has 1 atom stereocenters. The minimum Gasteiger partial charge on any atom is -0.493 e. The standard InChI is InChI=1S/C18H24N4O2/c1-13-6-7-15(11-14(13)2)24-10-8-17(23)22-9-4-3-5-16(22)18-19-12-20-21-18/h6-7,11-12,16H,3-5,8-10H2,1-2H3,(H,19,20,21). The number of nitrogens with zero attached hydrogens (tertiary/aromatic N) is 3. The van der Waals surface area contributed by atoms with Gasteiger partial charge in [0.15, 0.2) is 0 Å². The van der Waals surface area contributed by atoms with Crippen LogP contribution >= 0.6 is 0 Å². The molecule has 0 aliphatic carbocycles. The monoisotopic (exact) mass is 328 g/mol. The van der Waals surface area contributed by atoms with Crippen LogP contribution in [0.3, 0.4) is 0 Å². The van der Waals surface area contributed by atoms with E-state index >= 15 is 0 Å². The first-order chi connectivity index (χ1) is 11.6. The van der Waals surface area contributed by atoms with Crippen molar-refractivity contribution in [3.63, 3.8) is 0 Å². The van der Waals surface area contributed by atoms with E-state index in [1.54, 1.807) is 0 Å². The van der Waals surface area contributed by atoms with Crippen molar-refractivity contribution in [2.45, 2.75) is 45.6 Å². The third-order valence-corrected chi connectivity index (χ3v) is 4.64. The van der Waals surface area contributed by atoms with Gasteiger partial charge in [-0.3, -0.25) is 9.89 Å². The van der Waals surface area contributed by atoms with Crippen LogP contribution in [0.25, 0.3) is 0 Å². The molecule has 1 aliphatic rings. The summed E-state index contributed by atoms with van der Waals surface area (Å²) in [6.07, 6.45) is 4.94. The van der Waals surface area contributed by atoms with Crippen LogP contribution in [0.2, 0.25) is 0 Å². The quantitative estimate of drug-likeness (QED) is 0.916. The van der Waals surface area contributed by atoms with Crippen molar-refractivity contribution in [3.8, 4) is 5.75 Å². The summed E-state index contributed by atoms with van der Waals surface area (Å²) in [5.74, 6) is 1.70. The van der Waals surface area contributed by atoms with Gasteiger partial charge in [-0.1, -0.05) is 6.07 Å². The lowest BCUT2D eigenvalue weighted by Gasteiger charge is -2.34. The van der Waals surface area contributed by atoms with Gasteiger partial charge in [-0.05, 0) is 56.4 Å². The maximum Gasteiger partial charge on any atom is 0.226 e. The zero-order valence-electron chi connectivity index (χ0n) is 14.3. The number of aromatic amines is 1. The van der Waals surface area contributed by atoms with Crippen LogP contribution in [-0.2, 0) is 4.79 Å². The predicted molar refractivity (Wildman–Crippen MR) is 90.7 cm³/mol. The van der Waals surface area contributed by atoms with E-state index in [-0.39, 0.29) is 11.9 Å². The molecule has 24 heavy (non-hydrogen) atoms. The van der Waals surface area contributed by atoms with E-state index in [9.17, 15) is 4.79 Å². The zero-order valence-corrected chi connectivity index (χ0v) is 14.3. The van der Waals surface area contributed by atoms with Crippen molar-refractivity contribution in [3.05, 3.63) is 41.5 Å². The second-order valence-corrected chi connectivity index (χ2v) is 6.31. The molecule has 1 N–H and O–H groups in total. The highest BCUT2D eigenvalue weighted by Crippen LogP contribution is 2.29. The molecule has 1 unspecified atom stereocenters. The number of nitrogens with one attached hydrogen (secondary N) is 1. The highest BCUT2D eigenvalue weighted by molar-refractivity contribution is 5.76. The number of aromatic nitrogens is 3. The lowest BCUT2D eigenvalue weighted by atomic mass is 10.0. The van der Waals surface area contributed by atoms with Gasteiger partial charge in [-0.2, -0.15) is 5.10 Å². The maximum absolute atomic E-state index is 12.6. The average molecular weight is 328 g/mol. The molecular weight excluding hydrogens is 304 g/mol. The van der Waals surface area contributed by atoms with E-state index in [0.717, 1.165) is 37.4 Å². The first kappa shape index (κ1) is 16.5. The van der Waals surface area contributed by atoms with Gasteiger partial charge in [0.05, 0.1) is 19.1 Å². The summed E-state index contributed by atoms with van der Waals surface area (Å²) >= 11 is 0. The van der Waals surface area contributed by atoms with E-state index in [1.807, 2.05) is 23.1 Å². The Balaban J connectivity index is 1.56. The average Bonchev–Trinajstić information content (AvgIpc) is 3.12. The first-order valence-electron chi connectivity index (χ1n) is 8.50. The maximum atomic E-state index is 12.6. The second kappa shape index (κ2) is 7.47. The number of aryl methyl sites for hydroxylation is 2. The molecule has 3 rings (SSSR count). The van der Waals surface area contributed by atoms with Crippen LogP contribution in [0.1, 0.15) is 48.7 Å². The zero-order chi connectivity index (χ0) is 16.9. The summed E-state index contributed by atoms with van der Waals surface area (Å²) in [5.41, 5.74) is 2.43. The summed E-state index contributed by atoms with van der Waals surface area (Å²) in [7, 11) is 0. The van der Waals surface area contributed by atoms with Crippen molar-refractivity contribution in [2.24, 2.45) is 0 Å². The number of H-pyrrole nitrogens is 1. The lowest BCUT2D eigenvalue weighted by molar-refractivity contribution is -0.135. The number of hydrogen-bond donors (Lipinski definition) is 1. The summed E-state index contributed by atoms with van der Waals surface area (Å²) in [6, 6.07) is 6.01. The molecule has 0 bridgehead atoms. The van der Waals surface area contributed by atoms with Gasteiger partial charge in [-0.25, -0.2) is 4.98 Å². The van der Waals surface area contributed by atoms with Gasteiger partial charge in [0.25, 0.3) is 0 Å². The number of piperidine rings is 1. The molecule has 1 fully saturated rings. The van der Waals surface area contributed by atoms with Crippen LogP contribution in [0.15, 0.2) is 24.5 Å². The molecule has 1 saturated heterocycles. The first-order valence-corrected chi connectivity index (χ1v) is 8.50. The molecule has 1 aromatic carbocycles. The summed E-state index contributed by atoms with van der Waals surface area (Å²) in [6.45, 7) is 5.29. The van der Waals surface area contributed by atoms with Crippen LogP contribution in [0, 0.1) is 13.8 Å². The molecule has 0 radical (unpaired) electrons. The summed E-state index contributed by atoms with van der Waals surface area (Å²) in [5, 5.41) is 6.81. The number of hydrogen-bond acceptors (Lipinski definition) is 4. The fourth-order valence-electron chi connectivity index (χ4n) is 3.09. The van der Waals surface area contributed by atoms with Crippen LogP contribution in [0.4, 0.5) is 0 Å². The number of likely N-dealkylation sites (tertiary alicyclic amines) is 1. The van der Waals surface area contributed by atoms with Crippen LogP contribution in [-0.4, -0.2) is 39.1 Å². The lowest BCUT2D eigenvalue weighted by Crippen LogP contribution is -2.39. The summed E-state index contributed by atoms with van der Waals surface area (Å²) < 4.78 is 5.75. The van der Waals surface area contributed by atoms with Crippen molar-refractivity contribution in [1.29, 1.82) is 0 Å².